The first-order valence-electron chi connectivity index (χ1n) is 5.58. The molecule has 1 aromatic carbocycles. The molecule has 0 spiro atoms. The highest BCUT2D eigenvalue weighted by Crippen LogP contribution is 2.25. The highest BCUT2D eigenvalue weighted by Gasteiger charge is 2.39. The van der Waals surface area contributed by atoms with Crippen LogP contribution < -0.4 is 5.46 Å². The minimum Gasteiger partial charge on any atom is -0.423 e. The van der Waals surface area contributed by atoms with E-state index in [1.54, 1.807) is 27.7 Å². The smallest absolute Gasteiger partial charge is 0.423 e. The fourth-order valence-corrected chi connectivity index (χ4v) is 1.35. The van der Waals surface area contributed by atoms with Crippen LogP contribution >= 0.6 is 11.6 Å². The third kappa shape index (κ3) is 3.45. The van der Waals surface area contributed by atoms with Crippen LogP contribution in [0.15, 0.2) is 18.2 Å². The standard InChI is InChI=1S/C12H17BClFO3/c1-11(2,16)12(3,4)18-13(17)8-5-6-10(15)9(14)7-8/h5-7,16-17H,1-4H3. The van der Waals surface area contributed by atoms with Gasteiger partial charge in [0.05, 0.1) is 16.2 Å². The normalized spacial score (nSPS) is 12.7. The number of aliphatic hydroxyl groups is 1. The van der Waals surface area contributed by atoms with Gasteiger partial charge >= 0.3 is 7.12 Å². The van der Waals surface area contributed by atoms with E-state index in [9.17, 15) is 14.5 Å². The van der Waals surface area contributed by atoms with Crippen molar-refractivity contribution >= 4 is 24.2 Å². The van der Waals surface area contributed by atoms with Crippen molar-refractivity contribution in [3.63, 3.8) is 0 Å². The summed E-state index contributed by atoms with van der Waals surface area (Å²) >= 11 is 5.63. The summed E-state index contributed by atoms with van der Waals surface area (Å²) in [5.74, 6) is -0.561. The molecule has 0 aromatic heterocycles. The van der Waals surface area contributed by atoms with Crippen molar-refractivity contribution in [3.05, 3.63) is 29.0 Å². The van der Waals surface area contributed by atoms with Crippen molar-refractivity contribution in [2.24, 2.45) is 0 Å². The Kier molecular flexibility index (Phi) is 4.44. The van der Waals surface area contributed by atoms with Crippen LogP contribution in [0.5, 0.6) is 0 Å². The summed E-state index contributed by atoms with van der Waals surface area (Å²) in [6, 6.07) is 3.83. The lowest BCUT2D eigenvalue weighted by molar-refractivity contribution is -0.0982. The molecule has 0 bridgehead atoms. The van der Waals surface area contributed by atoms with Crippen LogP contribution in [-0.2, 0) is 4.65 Å². The molecule has 0 atom stereocenters. The Hall–Kier alpha value is -0.615. The van der Waals surface area contributed by atoms with Gasteiger partial charge in [0.25, 0.3) is 0 Å². The molecule has 1 aromatic rings. The molecular weight excluding hydrogens is 257 g/mol. The molecule has 18 heavy (non-hydrogen) atoms. The summed E-state index contributed by atoms with van der Waals surface area (Å²) in [5.41, 5.74) is -1.79. The Morgan fingerprint density at radius 2 is 1.83 bits per heavy atom. The molecule has 3 nitrogen and oxygen atoms in total. The zero-order valence-corrected chi connectivity index (χ0v) is 11.6. The van der Waals surface area contributed by atoms with Crippen LogP contribution in [0.25, 0.3) is 0 Å². The van der Waals surface area contributed by atoms with E-state index in [0.717, 1.165) is 6.07 Å². The number of rotatable bonds is 4. The van der Waals surface area contributed by atoms with Gasteiger partial charge < -0.3 is 14.8 Å². The zero-order chi connectivity index (χ0) is 14.1. The van der Waals surface area contributed by atoms with E-state index >= 15 is 0 Å². The molecule has 0 aliphatic carbocycles. The number of halogens is 2. The minimum atomic E-state index is -1.29. The average Bonchev–Trinajstić information content (AvgIpc) is 2.19. The van der Waals surface area contributed by atoms with Crippen molar-refractivity contribution in [1.82, 2.24) is 0 Å². The van der Waals surface area contributed by atoms with Gasteiger partial charge in [-0.25, -0.2) is 4.39 Å². The molecule has 0 saturated heterocycles. The van der Waals surface area contributed by atoms with Gasteiger partial charge in [0.15, 0.2) is 0 Å². The fraction of sp³-hybridized carbons (Fsp3) is 0.500. The number of benzene rings is 1. The second kappa shape index (κ2) is 5.17. The van der Waals surface area contributed by atoms with E-state index < -0.39 is 24.1 Å². The molecule has 0 heterocycles. The summed E-state index contributed by atoms with van der Waals surface area (Å²) < 4.78 is 18.4. The second-order valence-corrected chi connectivity index (χ2v) is 5.62. The van der Waals surface area contributed by atoms with E-state index in [1.165, 1.54) is 12.1 Å². The van der Waals surface area contributed by atoms with Crippen molar-refractivity contribution in [1.29, 1.82) is 0 Å². The molecule has 0 unspecified atom stereocenters. The highest BCUT2D eigenvalue weighted by atomic mass is 35.5. The first kappa shape index (κ1) is 15.4. The Labute approximate surface area is 112 Å². The van der Waals surface area contributed by atoms with Crippen LogP contribution in [0, 0.1) is 5.82 Å². The van der Waals surface area contributed by atoms with Gasteiger partial charge in [0.1, 0.15) is 5.82 Å². The summed E-state index contributed by atoms with van der Waals surface area (Å²) in [7, 11) is -1.29. The van der Waals surface area contributed by atoms with E-state index in [2.05, 4.69) is 0 Å². The number of hydrogen-bond acceptors (Lipinski definition) is 3. The van der Waals surface area contributed by atoms with Crippen LogP contribution in [0.4, 0.5) is 4.39 Å². The number of hydrogen-bond donors (Lipinski definition) is 2. The van der Waals surface area contributed by atoms with Crippen molar-refractivity contribution in [3.8, 4) is 0 Å². The van der Waals surface area contributed by atoms with Gasteiger partial charge in [0, 0.05) is 0 Å². The molecule has 0 fully saturated rings. The second-order valence-electron chi connectivity index (χ2n) is 5.21. The third-order valence-corrected chi connectivity index (χ3v) is 3.40. The average molecular weight is 275 g/mol. The van der Waals surface area contributed by atoms with Gasteiger partial charge in [-0.05, 0) is 45.3 Å². The lowest BCUT2D eigenvalue weighted by Crippen LogP contribution is -2.53. The van der Waals surface area contributed by atoms with E-state index in [-0.39, 0.29) is 5.02 Å². The first-order chi connectivity index (χ1) is 8.04. The van der Waals surface area contributed by atoms with Crippen molar-refractivity contribution in [2.75, 3.05) is 0 Å². The predicted octanol–water partition coefficient (Wildman–Crippen LogP) is 1.73. The Morgan fingerprint density at radius 3 is 2.28 bits per heavy atom. The maximum Gasteiger partial charge on any atom is 0.491 e. The summed E-state index contributed by atoms with van der Waals surface area (Å²) in [6.07, 6.45) is 0. The van der Waals surface area contributed by atoms with Crippen LogP contribution in [-0.4, -0.2) is 28.5 Å². The minimum absolute atomic E-state index is 0.0868. The van der Waals surface area contributed by atoms with Crippen LogP contribution in [0.1, 0.15) is 27.7 Å². The fourth-order valence-electron chi connectivity index (χ4n) is 1.16. The molecule has 2 N–H and O–H groups in total. The van der Waals surface area contributed by atoms with Gasteiger partial charge in [-0.15, -0.1) is 0 Å². The maximum absolute atomic E-state index is 13.0. The van der Waals surface area contributed by atoms with Gasteiger partial charge in [-0.2, -0.15) is 0 Å². The molecule has 1 rings (SSSR count). The Balaban J connectivity index is 2.89. The SMILES string of the molecule is CC(C)(O)C(C)(C)OB(O)c1ccc(F)c(Cl)c1. The molecule has 0 saturated carbocycles. The third-order valence-electron chi connectivity index (χ3n) is 3.11. The van der Waals surface area contributed by atoms with E-state index in [4.69, 9.17) is 16.3 Å². The van der Waals surface area contributed by atoms with Gasteiger partial charge in [-0.1, -0.05) is 17.7 Å². The van der Waals surface area contributed by atoms with E-state index in [1.807, 2.05) is 0 Å². The predicted molar refractivity (Wildman–Crippen MR) is 70.5 cm³/mol. The molecule has 100 valence electrons. The first-order valence-corrected chi connectivity index (χ1v) is 5.95. The molecule has 6 heteroatoms. The molecule has 0 amide bonds. The quantitative estimate of drug-likeness (QED) is 0.822. The lowest BCUT2D eigenvalue weighted by atomic mass is 9.76. The molecule has 0 aliphatic heterocycles. The van der Waals surface area contributed by atoms with Crippen LogP contribution in [0.2, 0.25) is 5.02 Å². The Bertz CT molecular complexity index is 432. The highest BCUT2D eigenvalue weighted by molar-refractivity contribution is 6.60. The van der Waals surface area contributed by atoms with Crippen molar-refractivity contribution < 1.29 is 19.2 Å². The topological polar surface area (TPSA) is 49.7 Å². The molecule has 0 radical (unpaired) electrons. The summed E-state index contributed by atoms with van der Waals surface area (Å²) in [5, 5.41) is 19.8. The van der Waals surface area contributed by atoms with Crippen LogP contribution in [0.3, 0.4) is 0 Å². The molecular formula is C12H17BClFO3. The van der Waals surface area contributed by atoms with Gasteiger partial charge in [0.2, 0.25) is 0 Å². The van der Waals surface area contributed by atoms with E-state index in [0.29, 0.717) is 5.46 Å². The Morgan fingerprint density at radius 1 is 1.28 bits per heavy atom. The van der Waals surface area contributed by atoms with Crippen molar-refractivity contribution in [2.45, 2.75) is 38.9 Å². The summed E-state index contributed by atoms with van der Waals surface area (Å²) in [6.45, 7) is 6.47. The largest absolute Gasteiger partial charge is 0.491 e. The summed E-state index contributed by atoms with van der Waals surface area (Å²) in [4.78, 5) is 0. The lowest BCUT2D eigenvalue weighted by Gasteiger charge is -2.38. The maximum atomic E-state index is 13.0. The zero-order valence-electron chi connectivity index (χ0n) is 10.9. The van der Waals surface area contributed by atoms with Gasteiger partial charge in [-0.3, -0.25) is 0 Å². The molecule has 0 aliphatic rings. The monoisotopic (exact) mass is 274 g/mol.